The second kappa shape index (κ2) is 8.84. The molecule has 4 aliphatic carbocycles. The van der Waals surface area contributed by atoms with E-state index in [1.165, 1.54) is 44.9 Å². The van der Waals surface area contributed by atoms with E-state index in [1.54, 1.807) is 25.7 Å². The smallest absolute Gasteiger partial charge is 0.0534 e. The number of hydrogen-bond donors (Lipinski definition) is 1. The fourth-order valence-corrected chi connectivity index (χ4v) is 9.63. The van der Waals surface area contributed by atoms with Crippen molar-refractivity contribution in [3.8, 4) is 0 Å². The minimum absolute atomic E-state index is 0.566. The van der Waals surface area contributed by atoms with Crippen LogP contribution < -0.4 is 5.73 Å². The highest BCUT2D eigenvalue weighted by atomic mass is 15.3. The van der Waals surface area contributed by atoms with Gasteiger partial charge in [-0.2, -0.15) is 5.10 Å². The van der Waals surface area contributed by atoms with Crippen molar-refractivity contribution in [1.29, 1.82) is 0 Å². The summed E-state index contributed by atoms with van der Waals surface area (Å²) in [6.07, 6.45) is 20.7. The molecule has 31 heavy (non-hydrogen) atoms. The summed E-state index contributed by atoms with van der Waals surface area (Å²) in [5.74, 6) is 7.86. The number of aromatic nitrogens is 2. The van der Waals surface area contributed by atoms with Crippen molar-refractivity contribution >= 4 is 0 Å². The van der Waals surface area contributed by atoms with Crippen LogP contribution in [0.2, 0.25) is 0 Å². The zero-order valence-corrected chi connectivity index (χ0v) is 20.4. The third kappa shape index (κ3) is 3.91. The summed E-state index contributed by atoms with van der Waals surface area (Å²) in [6, 6.07) is 0. The van der Waals surface area contributed by atoms with E-state index in [4.69, 9.17) is 5.73 Å². The average molecular weight is 426 g/mol. The van der Waals surface area contributed by atoms with Crippen LogP contribution in [0.25, 0.3) is 0 Å². The molecule has 174 valence electrons. The van der Waals surface area contributed by atoms with Gasteiger partial charge in [-0.25, -0.2) is 0 Å². The monoisotopic (exact) mass is 425 g/mol. The van der Waals surface area contributed by atoms with Crippen molar-refractivity contribution in [1.82, 2.24) is 9.78 Å². The van der Waals surface area contributed by atoms with Gasteiger partial charge in [0.1, 0.15) is 0 Å². The molecule has 3 unspecified atom stereocenters. The molecular weight excluding hydrogens is 378 g/mol. The third-order valence-electron chi connectivity index (χ3n) is 10.9. The Hall–Kier alpha value is -0.830. The Kier molecular flexibility index (Phi) is 6.27. The maximum atomic E-state index is 5.80. The van der Waals surface area contributed by atoms with Crippen LogP contribution in [-0.4, -0.2) is 9.78 Å². The van der Waals surface area contributed by atoms with E-state index in [0.29, 0.717) is 17.9 Å². The maximum Gasteiger partial charge on any atom is 0.0534 e. The molecule has 0 bridgehead atoms. The minimum Gasteiger partial charge on any atom is -0.326 e. The lowest BCUT2D eigenvalue weighted by atomic mass is 9.48. The summed E-state index contributed by atoms with van der Waals surface area (Å²) >= 11 is 0. The summed E-state index contributed by atoms with van der Waals surface area (Å²) in [4.78, 5) is 0. The van der Waals surface area contributed by atoms with E-state index in [-0.39, 0.29) is 0 Å². The van der Waals surface area contributed by atoms with Gasteiger partial charge in [0.15, 0.2) is 0 Å². The van der Waals surface area contributed by atoms with Gasteiger partial charge in [-0.3, -0.25) is 4.68 Å². The molecule has 4 aliphatic rings. The molecule has 4 fully saturated rings. The topological polar surface area (TPSA) is 43.8 Å². The molecule has 1 aromatic heterocycles. The number of fused-ring (bicyclic) bond motifs is 5. The highest BCUT2D eigenvalue weighted by molar-refractivity contribution is 5.07. The van der Waals surface area contributed by atoms with Crippen molar-refractivity contribution in [2.24, 2.45) is 58.5 Å². The van der Waals surface area contributed by atoms with Gasteiger partial charge in [-0.05, 0) is 104 Å². The summed E-state index contributed by atoms with van der Waals surface area (Å²) in [7, 11) is 0. The van der Waals surface area contributed by atoms with E-state index in [1.807, 2.05) is 6.20 Å². The average Bonchev–Trinajstić information content (AvgIpc) is 3.37. The fraction of sp³-hybridized carbons (Fsp3) is 0.893. The molecule has 0 amide bonds. The molecule has 5 rings (SSSR count). The molecule has 1 heterocycles. The van der Waals surface area contributed by atoms with Gasteiger partial charge in [0, 0.05) is 24.8 Å². The van der Waals surface area contributed by atoms with Gasteiger partial charge in [-0.15, -0.1) is 0 Å². The zero-order chi connectivity index (χ0) is 21.6. The van der Waals surface area contributed by atoms with Gasteiger partial charge < -0.3 is 5.73 Å². The standard InChI is InChI=1S/C28H47N3/c1-4-5-20-6-8-23-22(14-20)7-9-25-24(23)12-13-28(3)26(10-11-27(25)28)19(2)17-31-18-21(15-29)16-30-31/h16,18-20,22-27H,4-15,17,29H2,1-3H3/t19-,20-,22+,23-,24?,25+,26?,27?,28+/m0/s1. The first kappa shape index (κ1) is 22.0. The molecule has 9 atom stereocenters. The number of hydrogen-bond acceptors (Lipinski definition) is 2. The highest BCUT2D eigenvalue weighted by Crippen LogP contribution is 2.65. The predicted octanol–water partition coefficient (Wildman–Crippen LogP) is 6.66. The first-order valence-electron chi connectivity index (χ1n) is 13.7. The molecule has 0 spiro atoms. The Morgan fingerprint density at radius 2 is 1.94 bits per heavy atom. The van der Waals surface area contributed by atoms with E-state index in [9.17, 15) is 0 Å². The van der Waals surface area contributed by atoms with Crippen molar-refractivity contribution in [2.75, 3.05) is 0 Å². The number of nitrogens with two attached hydrogens (primary N) is 1. The van der Waals surface area contributed by atoms with Crippen LogP contribution in [0.3, 0.4) is 0 Å². The van der Waals surface area contributed by atoms with Crippen molar-refractivity contribution in [2.45, 2.75) is 104 Å². The first-order valence-corrected chi connectivity index (χ1v) is 13.7. The quantitative estimate of drug-likeness (QED) is 0.553. The molecule has 0 saturated heterocycles. The second-order valence-electron chi connectivity index (χ2n) is 12.4. The Morgan fingerprint density at radius 3 is 2.71 bits per heavy atom. The SMILES string of the molecule is CCC[C@H]1CC[C@@H]2C3CC[C@@]4(C)C(CCC4[C@@H](C)Cn4cc(CN)cn4)[C@@H]3CC[C@@H]2C1. The molecule has 3 heteroatoms. The minimum atomic E-state index is 0.566. The maximum absolute atomic E-state index is 5.80. The van der Waals surface area contributed by atoms with Crippen molar-refractivity contribution < 1.29 is 0 Å². The second-order valence-corrected chi connectivity index (χ2v) is 12.4. The van der Waals surface area contributed by atoms with E-state index in [2.05, 4.69) is 36.7 Å². The van der Waals surface area contributed by atoms with Gasteiger partial charge >= 0.3 is 0 Å². The molecule has 0 aliphatic heterocycles. The van der Waals surface area contributed by atoms with Crippen molar-refractivity contribution in [3.63, 3.8) is 0 Å². The van der Waals surface area contributed by atoms with Crippen LogP contribution in [0.15, 0.2) is 12.4 Å². The summed E-state index contributed by atoms with van der Waals surface area (Å²) < 4.78 is 2.16. The Balaban J connectivity index is 1.26. The van der Waals surface area contributed by atoms with Crippen LogP contribution in [0.1, 0.15) is 97.0 Å². The zero-order valence-electron chi connectivity index (χ0n) is 20.4. The lowest BCUT2D eigenvalue weighted by molar-refractivity contribution is -0.0749. The number of rotatable bonds is 6. The van der Waals surface area contributed by atoms with Gasteiger partial charge in [0.05, 0.1) is 6.20 Å². The Morgan fingerprint density at radius 1 is 1.10 bits per heavy atom. The summed E-state index contributed by atoms with van der Waals surface area (Å²) in [5, 5.41) is 4.59. The van der Waals surface area contributed by atoms with E-state index >= 15 is 0 Å². The first-order chi connectivity index (χ1) is 15.0. The molecule has 3 nitrogen and oxygen atoms in total. The number of nitrogens with zero attached hydrogens (tertiary/aromatic N) is 2. The molecular formula is C28H47N3. The van der Waals surface area contributed by atoms with Crippen molar-refractivity contribution in [3.05, 3.63) is 18.0 Å². The molecule has 2 N–H and O–H groups in total. The van der Waals surface area contributed by atoms with E-state index < -0.39 is 0 Å². The normalized spacial score (nSPS) is 43.2. The van der Waals surface area contributed by atoms with Crippen LogP contribution in [0, 0.1) is 52.8 Å². The molecule has 1 aromatic rings. The van der Waals surface area contributed by atoms with Gasteiger partial charge in [0.25, 0.3) is 0 Å². The summed E-state index contributed by atoms with van der Waals surface area (Å²) in [5.41, 5.74) is 7.53. The van der Waals surface area contributed by atoms with E-state index in [0.717, 1.165) is 53.5 Å². The predicted molar refractivity (Wildman–Crippen MR) is 128 cm³/mol. The van der Waals surface area contributed by atoms with Crippen LogP contribution in [0.4, 0.5) is 0 Å². The Labute approximate surface area is 190 Å². The van der Waals surface area contributed by atoms with Crippen LogP contribution in [-0.2, 0) is 13.1 Å². The third-order valence-corrected chi connectivity index (χ3v) is 10.9. The molecule has 0 aromatic carbocycles. The van der Waals surface area contributed by atoms with Gasteiger partial charge in [-0.1, -0.05) is 40.0 Å². The fourth-order valence-electron chi connectivity index (χ4n) is 9.63. The lowest BCUT2D eigenvalue weighted by Gasteiger charge is -2.57. The molecule has 4 saturated carbocycles. The van der Waals surface area contributed by atoms with Crippen LogP contribution >= 0.6 is 0 Å². The largest absolute Gasteiger partial charge is 0.326 e. The summed E-state index contributed by atoms with van der Waals surface area (Å²) in [6.45, 7) is 9.24. The Bertz CT molecular complexity index is 740. The lowest BCUT2D eigenvalue weighted by Crippen LogP contribution is -2.49. The van der Waals surface area contributed by atoms with Gasteiger partial charge in [0.2, 0.25) is 0 Å². The molecule has 0 radical (unpaired) electrons. The highest BCUT2D eigenvalue weighted by Gasteiger charge is 2.57. The van der Waals surface area contributed by atoms with Crippen LogP contribution in [0.5, 0.6) is 0 Å².